The van der Waals surface area contributed by atoms with Gasteiger partial charge in [-0.15, -0.1) is 0 Å². The van der Waals surface area contributed by atoms with Gasteiger partial charge in [-0.1, -0.05) is 45.1 Å². The zero-order chi connectivity index (χ0) is 15.6. The standard InChI is InChI=1S/C17H24O4/c1-11(2)14(15(18)19)21-16(20)12-7-8-13-6-4-5-9-17(13,3)10-12/h4-6,9,11-14H,7-8,10H2,1-3H3,(H,18,19)/t12?,13?,14-,17?/m0/s1. The van der Waals surface area contributed by atoms with E-state index in [0.717, 1.165) is 19.3 Å². The van der Waals surface area contributed by atoms with E-state index >= 15 is 0 Å². The molecule has 116 valence electrons. The van der Waals surface area contributed by atoms with Crippen molar-refractivity contribution in [1.82, 2.24) is 0 Å². The number of allylic oxidation sites excluding steroid dienone is 4. The molecule has 0 bridgehead atoms. The Balaban J connectivity index is 2.02. The molecule has 2 aliphatic carbocycles. The summed E-state index contributed by atoms with van der Waals surface area (Å²) in [4.78, 5) is 23.5. The third-order valence-corrected chi connectivity index (χ3v) is 4.72. The first-order valence-corrected chi connectivity index (χ1v) is 7.63. The summed E-state index contributed by atoms with van der Waals surface area (Å²) in [6.07, 6.45) is 9.83. The number of hydrogen-bond acceptors (Lipinski definition) is 3. The van der Waals surface area contributed by atoms with E-state index in [1.54, 1.807) is 13.8 Å². The van der Waals surface area contributed by atoms with Crippen LogP contribution in [-0.2, 0) is 14.3 Å². The number of ether oxygens (including phenoxy) is 1. The van der Waals surface area contributed by atoms with Gasteiger partial charge in [0.25, 0.3) is 0 Å². The maximum absolute atomic E-state index is 12.3. The molecule has 0 spiro atoms. The molecule has 0 saturated heterocycles. The van der Waals surface area contributed by atoms with Crippen molar-refractivity contribution in [1.29, 1.82) is 0 Å². The molecule has 1 N–H and O–H groups in total. The fraction of sp³-hybridized carbons (Fsp3) is 0.647. The summed E-state index contributed by atoms with van der Waals surface area (Å²) in [6.45, 7) is 5.66. The lowest BCUT2D eigenvalue weighted by atomic mass is 9.62. The molecule has 4 heteroatoms. The van der Waals surface area contributed by atoms with Gasteiger partial charge in [0.2, 0.25) is 6.10 Å². The second kappa shape index (κ2) is 6.04. The predicted molar refractivity (Wildman–Crippen MR) is 79.6 cm³/mol. The Morgan fingerprint density at radius 1 is 1.29 bits per heavy atom. The minimum Gasteiger partial charge on any atom is -0.478 e. The van der Waals surface area contributed by atoms with E-state index in [0.29, 0.717) is 5.92 Å². The van der Waals surface area contributed by atoms with Crippen molar-refractivity contribution in [2.75, 3.05) is 0 Å². The zero-order valence-electron chi connectivity index (χ0n) is 12.9. The maximum atomic E-state index is 12.3. The van der Waals surface area contributed by atoms with Gasteiger partial charge in [0.1, 0.15) is 0 Å². The summed E-state index contributed by atoms with van der Waals surface area (Å²) in [5.41, 5.74) is -0.0206. The monoisotopic (exact) mass is 292 g/mol. The van der Waals surface area contributed by atoms with Crippen LogP contribution in [0.1, 0.15) is 40.0 Å². The van der Waals surface area contributed by atoms with Gasteiger partial charge >= 0.3 is 11.9 Å². The Morgan fingerprint density at radius 3 is 2.62 bits per heavy atom. The van der Waals surface area contributed by atoms with Gasteiger partial charge in [-0.3, -0.25) is 4.79 Å². The lowest BCUT2D eigenvalue weighted by molar-refractivity contribution is -0.171. The summed E-state index contributed by atoms with van der Waals surface area (Å²) >= 11 is 0. The van der Waals surface area contributed by atoms with E-state index in [4.69, 9.17) is 9.84 Å². The Bertz CT molecular complexity index is 477. The molecule has 4 nitrogen and oxygen atoms in total. The van der Waals surface area contributed by atoms with Crippen LogP contribution in [0.2, 0.25) is 0 Å². The van der Waals surface area contributed by atoms with Gasteiger partial charge < -0.3 is 9.84 Å². The van der Waals surface area contributed by atoms with Crippen LogP contribution in [0.4, 0.5) is 0 Å². The van der Waals surface area contributed by atoms with Crippen LogP contribution < -0.4 is 0 Å². The van der Waals surface area contributed by atoms with Crippen molar-refractivity contribution < 1.29 is 19.4 Å². The molecule has 0 aliphatic heterocycles. The van der Waals surface area contributed by atoms with Crippen LogP contribution in [0.3, 0.4) is 0 Å². The SMILES string of the molecule is CC(C)[C@H](OC(=O)C1CCC2C=CC=CC2(C)C1)C(=O)O. The third-order valence-electron chi connectivity index (χ3n) is 4.72. The van der Waals surface area contributed by atoms with E-state index < -0.39 is 12.1 Å². The smallest absolute Gasteiger partial charge is 0.345 e. The minimum absolute atomic E-state index is 0.0206. The van der Waals surface area contributed by atoms with Gasteiger partial charge in [0, 0.05) is 5.92 Å². The van der Waals surface area contributed by atoms with Crippen molar-refractivity contribution in [2.45, 2.75) is 46.1 Å². The largest absolute Gasteiger partial charge is 0.478 e. The topological polar surface area (TPSA) is 63.6 Å². The van der Waals surface area contributed by atoms with Gasteiger partial charge in [-0.2, -0.15) is 0 Å². The van der Waals surface area contributed by atoms with Gasteiger partial charge in [0.05, 0.1) is 5.92 Å². The number of carbonyl (C=O) groups excluding carboxylic acids is 1. The maximum Gasteiger partial charge on any atom is 0.345 e. The molecular formula is C17H24O4. The number of carboxylic acids is 1. The Labute approximate surface area is 125 Å². The molecule has 0 radical (unpaired) electrons. The number of esters is 1. The molecule has 4 atom stereocenters. The molecule has 3 unspecified atom stereocenters. The number of hydrogen-bond donors (Lipinski definition) is 1. The third kappa shape index (κ3) is 3.36. The van der Waals surface area contributed by atoms with E-state index in [-0.39, 0.29) is 23.2 Å². The Hall–Kier alpha value is -1.58. The van der Waals surface area contributed by atoms with Crippen molar-refractivity contribution in [3.05, 3.63) is 24.3 Å². The molecular weight excluding hydrogens is 268 g/mol. The summed E-state index contributed by atoms with van der Waals surface area (Å²) in [5, 5.41) is 9.13. The molecule has 2 rings (SSSR count). The lowest BCUT2D eigenvalue weighted by Crippen LogP contribution is -2.39. The lowest BCUT2D eigenvalue weighted by Gasteiger charge is -2.42. The Kier molecular flexibility index (Phi) is 4.55. The van der Waals surface area contributed by atoms with Crippen molar-refractivity contribution >= 4 is 11.9 Å². The summed E-state index contributed by atoms with van der Waals surface area (Å²) in [6, 6.07) is 0. The summed E-state index contributed by atoms with van der Waals surface area (Å²) in [5.74, 6) is -1.40. The van der Waals surface area contributed by atoms with E-state index in [1.165, 1.54) is 0 Å². The van der Waals surface area contributed by atoms with Crippen molar-refractivity contribution in [3.8, 4) is 0 Å². The van der Waals surface area contributed by atoms with Crippen LogP contribution in [0, 0.1) is 23.2 Å². The molecule has 0 heterocycles. The van der Waals surface area contributed by atoms with E-state index in [1.807, 2.05) is 6.08 Å². The molecule has 21 heavy (non-hydrogen) atoms. The van der Waals surface area contributed by atoms with Crippen molar-refractivity contribution in [2.24, 2.45) is 23.2 Å². The average Bonchev–Trinajstić information content (AvgIpc) is 2.42. The normalized spacial score (nSPS) is 32.6. The summed E-state index contributed by atoms with van der Waals surface area (Å²) < 4.78 is 5.26. The first kappa shape index (κ1) is 15.8. The minimum atomic E-state index is -1.07. The van der Waals surface area contributed by atoms with Gasteiger partial charge in [0.15, 0.2) is 0 Å². The number of rotatable bonds is 4. The highest BCUT2D eigenvalue weighted by Gasteiger charge is 2.42. The molecule has 2 aliphatic rings. The fourth-order valence-corrected chi connectivity index (χ4v) is 3.37. The van der Waals surface area contributed by atoms with Crippen LogP contribution in [-0.4, -0.2) is 23.1 Å². The molecule has 0 aromatic carbocycles. The van der Waals surface area contributed by atoms with Crippen molar-refractivity contribution in [3.63, 3.8) is 0 Å². The highest BCUT2D eigenvalue weighted by Crippen LogP contribution is 2.47. The quantitative estimate of drug-likeness (QED) is 0.808. The Morgan fingerprint density at radius 2 is 2.00 bits per heavy atom. The average molecular weight is 292 g/mol. The van der Waals surface area contributed by atoms with Gasteiger partial charge in [-0.25, -0.2) is 4.79 Å². The zero-order valence-corrected chi connectivity index (χ0v) is 12.9. The number of fused-ring (bicyclic) bond motifs is 1. The van der Waals surface area contributed by atoms with E-state index in [2.05, 4.69) is 25.2 Å². The highest BCUT2D eigenvalue weighted by molar-refractivity contribution is 5.79. The molecule has 0 aromatic rings. The summed E-state index contributed by atoms with van der Waals surface area (Å²) in [7, 11) is 0. The van der Waals surface area contributed by atoms with Crippen LogP contribution in [0.25, 0.3) is 0 Å². The first-order chi connectivity index (χ1) is 9.83. The highest BCUT2D eigenvalue weighted by atomic mass is 16.6. The second-order valence-corrected chi connectivity index (χ2v) is 6.77. The molecule has 1 fully saturated rings. The van der Waals surface area contributed by atoms with Crippen LogP contribution in [0.5, 0.6) is 0 Å². The number of carboxylic acid groups (broad SMARTS) is 1. The molecule has 0 amide bonds. The fourth-order valence-electron chi connectivity index (χ4n) is 3.37. The van der Waals surface area contributed by atoms with Gasteiger partial charge in [-0.05, 0) is 30.6 Å². The van der Waals surface area contributed by atoms with Crippen LogP contribution >= 0.6 is 0 Å². The molecule has 0 aromatic heterocycles. The first-order valence-electron chi connectivity index (χ1n) is 7.63. The number of aliphatic carboxylic acids is 1. The number of carbonyl (C=O) groups is 2. The predicted octanol–water partition coefficient (Wildman–Crippen LogP) is 3.19. The second-order valence-electron chi connectivity index (χ2n) is 6.77. The molecule has 1 saturated carbocycles. The van der Waals surface area contributed by atoms with E-state index in [9.17, 15) is 9.59 Å². The van der Waals surface area contributed by atoms with Crippen LogP contribution in [0.15, 0.2) is 24.3 Å².